The van der Waals surface area contributed by atoms with Crippen LogP contribution in [0.5, 0.6) is 0 Å². The summed E-state index contributed by atoms with van der Waals surface area (Å²) < 4.78 is 0. The van der Waals surface area contributed by atoms with Gasteiger partial charge >= 0.3 is 0 Å². The maximum Gasteiger partial charge on any atom is 0.248 e. The number of carbonyl (C=O) groups is 3. The fraction of sp³-hybridized carbons (Fsp3) is 0.250. The molecule has 0 saturated heterocycles. The summed E-state index contributed by atoms with van der Waals surface area (Å²) >= 11 is 0. The number of rotatable bonds is 11. The van der Waals surface area contributed by atoms with Crippen LogP contribution in [0.2, 0.25) is 0 Å². The van der Waals surface area contributed by atoms with Crippen molar-refractivity contribution < 1.29 is 14.4 Å². The van der Waals surface area contributed by atoms with Crippen LogP contribution in [0.25, 0.3) is 0 Å². The minimum atomic E-state index is -0.456. The lowest BCUT2D eigenvalue weighted by Crippen LogP contribution is -2.41. The number of primary amides is 2. The number of hydrogen-bond acceptors (Lipinski definition) is 4. The molecule has 7 heteroatoms. The smallest absolute Gasteiger partial charge is 0.248 e. The van der Waals surface area contributed by atoms with E-state index in [0.717, 1.165) is 17.5 Å². The minimum absolute atomic E-state index is 0.0860. The van der Waals surface area contributed by atoms with Crippen LogP contribution in [0.3, 0.4) is 0 Å². The third-order valence-corrected chi connectivity index (χ3v) is 5.30. The summed E-state index contributed by atoms with van der Waals surface area (Å²) in [7, 11) is 0. The molecule has 0 spiro atoms. The lowest BCUT2D eigenvalue weighted by Gasteiger charge is -2.15. The molecule has 0 aliphatic carbocycles. The molecule has 3 aromatic rings. The van der Waals surface area contributed by atoms with Crippen LogP contribution in [0.1, 0.15) is 46.8 Å². The molecule has 7 nitrogen and oxygen atoms in total. The van der Waals surface area contributed by atoms with Crippen molar-refractivity contribution in [2.75, 3.05) is 0 Å². The summed E-state index contributed by atoms with van der Waals surface area (Å²) in [6.45, 7) is 2.96. The molecular formula is C28H33N4O3. The normalized spacial score (nSPS) is 11.0. The first-order chi connectivity index (χ1) is 16.9. The van der Waals surface area contributed by atoms with Crippen LogP contribution < -0.4 is 22.1 Å². The van der Waals surface area contributed by atoms with Crippen molar-refractivity contribution in [3.8, 4) is 0 Å². The molecule has 0 unspecified atom stereocenters. The zero-order chi connectivity index (χ0) is 25.5. The van der Waals surface area contributed by atoms with Crippen LogP contribution in [-0.2, 0) is 29.1 Å². The Morgan fingerprint density at radius 3 is 2.03 bits per heavy atom. The highest BCUT2D eigenvalue weighted by atomic mass is 16.2. The second kappa shape index (κ2) is 15.0. The molecule has 1 radical (unpaired) electrons. The van der Waals surface area contributed by atoms with E-state index in [1.807, 2.05) is 73.7 Å². The summed E-state index contributed by atoms with van der Waals surface area (Å²) in [6.07, 6.45) is 1.96. The Kier molecular flexibility index (Phi) is 11.7. The van der Waals surface area contributed by atoms with Crippen molar-refractivity contribution in [1.29, 1.82) is 0 Å². The maximum absolute atomic E-state index is 11.6. The molecule has 0 aromatic heterocycles. The molecule has 0 bridgehead atoms. The molecule has 0 aliphatic heterocycles. The highest BCUT2D eigenvalue weighted by molar-refractivity contribution is 5.92. The Labute approximate surface area is 206 Å². The third kappa shape index (κ3) is 10.7. The third-order valence-electron chi connectivity index (χ3n) is 5.30. The second-order valence-electron chi connectivity index (χ2n) is 7.96. The van der Waals surface area contributed by atoms with E-state index in [2.05, 4.69) is 16.7 Å². The highest BCUT2D eigenvalue weighted by Gasteiger charge is 2.14. The minimum Gasteiger partial charge on any atom is -0.368 e. The molecule has 0 fully saturated rings. The summed E-state index contributed by atoms with van der Waals surface area (Å²) in [6, 6.07) is 27.0. The maximum atomic E-state index is 11.6. The van der Waals surface area contributed by atoms with E-state index in [4.69, 9.17) is 11.5 Å². The first-order valence-electron chi connectivity index (χ1n) is 11.6. The van der Waals surface area contributed by atoms with Crippen molar-refractivity contribution in [3.05, 3.63) is 107 Å². The van der Waals surface area contributed by atoms with Gasteiger partial charge in [0.25, 0.3) is 0 Å². The molecule has 3 amide bonds. The van der Waals surface area contributed by atoms with Crippen molar-refractivity contribution in [2.24, 2.45) is 11.5 Å². The predicted octanol–water partition coefficient (Wildman–Crippen LogP) is 2.87. The van der Waals surface area contributed by atoms with Crippen LogP contribution in [0.4, 0.5) is 0 Å². The van der Waals surface area contributed by atoms with Crippen LogP contribution in [0.15, 0.2) is 78.9 Å². The van der Waals surface area contributed by atoms with E-state index in [1.54, 1.807) is 12.1 Å². The SMILES string of the molecule is CCC(=O)NCc1cc[c]cc1.NC(=O)c1ccc(CN[C@H](CCc2ccccc2)C(N)=O)cc1. The van der Waals surface area contributed by atoms with Crippen LogP contribution >= 0.6 is 0 Å². The van der Waals surface area contributed by atoms with Gasteiger partial charge in [-0.2, -0.15) is 0 Å². The average Bonchev–Trinajstić information content (AvgIpc) is 2.89. The van der Waals surface area contributed by atoms with E-state index in [9.17, 15) is 14.4 Å². The van der Waals surface area contributed by atoms with Gasteiger partial charge in [-0.1, -0.05) is 73.7 Å². The summed E-state index contributed by atoms with van der Waals surface area (Å²) in [4.78, 5) is 33.5. The molecule has 3 aromatic carbocycles. The van der Waals surface area contributed by atoms with Gasteiger partial charge in [0.15, 0.2) is 0 Å². The lowest BCUT2D eigenvalue weighted by molar-refractivity contribution is -0.121. The quantitative estimate of drug-likeness (QED) is 0.341. The number of benzene rings is 3. The Bertz CT molecular complexity index is 1050. The van der Waals surface area contributed by atoms with Gasteiger partial charge in [-0.3, -0.25) is 14.4 Å². The van der Waals surface area contributed by atoms with Gasteiger partial charge < -0.3 is 22.1 Å². The van der Waals surface area contributed by atoms with E-state index in [1.165, 1.54) is 5.56 Å². The van der Waals surface area contributed by atoms with Crippen LogP contribution in [-0.4, -0.2) is 23.8 Å². The van der Waals surface area contributed by atoms with Crippen LogP contribution in [0, 0.1) is 6.07 Å². The number of aryl methyl sites for hydroxylation is 1. The fourth-order valence-electron chi connectivity index (χ4n) is 3.19. The van der Waals surface area contributed by atoms with Gasteiger partial charge in [0.2, 0.25) is 17.7 Å². The molecule has 183 valence electrons. The van der Waals surface area contributed by atoms with E-state index in [-0.39, 0.29) is 11.8 Å². The van der Waals surface area contributed by atoms with Gasteiger partial charge in [-0.25, -0.2) is 0 Å². The van der Waals surface area contributed by atoms with Gasteiger partial charge in [0, 0.05) is 25.1 Å². The van der Waals surface area contributed by atoms with E-state index >= 15 is 0 Å². The van der Waals surface area contributed by atoms with Crippen molar-refractivity contribution in [3.63, 3.8) is 0 Å². The lowest BCUT2D eigenvalue weighted by atomic mass is 10.0. The highest BCUT2D eigenvalue weighted by Crippen LogP contribution is 2.07. The van der Waals surface area contributed by atoms with Crippen molar-refractivity contribution in [2.45, 2.75) is 45.3 Å². The molecule has 1 atom stereocenters. The monoisotopic (exact) mass is 473 g/mol. The molecule has 6 N–H and O–H groups in total. The summed E-state index contributed by atoms with van der Waals surface area (Å²) in [5.74, 6) is -0.736. The fourth-order valence-corrected chi connectivity index (χ4v) is 3.19. The molecule has 0 aliphatic rings. The van der Waals surface area contributed by atoms with Gasteiger partial charge in [0.05, 0.1) is 6.04 Å². The number of amides is 3. The number of carbonyl (C=O) groups excluding carboxylic acids is 3. The molecule has 3 rings (SSSR count). The topological polar surface area (TPSA) is 127 Å². The predicted molar refractivity (Wildman–Crippen MR) is 137 cm³/mol. The first-order valence-corrected chi connectivity index (χ1v) is 11.6. The molecule has 35 heavy (non-hydrogen) atoms. The van der Waals surface area contributed by atoms with Crippen molar-refractivity contribution in [1.82, 2.24) is 10.6 Å². The van der Waals surface area contributed by atoms with Crippen molar-refractivity contribution >= 4 is 17.7 Å². The number of nitrogens with one attached hydrogen (secondary N) is 2. The average molecular weight is 474 g/mol. The Balaban J connectivity index is 0.000000303. The Hall–Kier alpha value is -3.97. The summed E-state index contributed by atoms with van der Waals surface area (Å²) in [5.41, 5.74) is 14.4. The zero-order valence-corrected chi connectivity index (χ0v) is 20.0. The first kappa shape index (κ1) is 27.3. The number of hydrogen-bond donors (Lipinski definition) is 4. The standard InChI is InChI=1S/C18H21N3O2.C10H12NO/c19-17(22)15-9-6-14(7-10-15)12-21-16(18(20)23)11-8-13-4-2-1-3-5-13;1-2-10(12)11-8-9-6-4-3-5-7-9/h1-7,9-10,16,21H,8,11-12H2,(H2,19,22)(H2,20,23);4-7H,2,8H2,1H3,(H,11,12)/t16-;/m1./s1. The van der Waals surface area contributed by atoms with Gasteiger partial charge in [0.1, 0.15) is 0 Å². The molecule has 0 heterocycles. The second-order valence-corrected chi connectivity index (χ2v) is 7.96. The van der Waals surface area contributed by atoms with E-state index < -0.39 is 11.9 Å². The Morgan fingerprint density at radius 2 is 1.46 bits per heavy atom. The largest absolute Gasteiger partial charge is 0.368 e. The number of nitrogens with two attached hydrogens (primary N) is 2. The Morgan fingerprint density at radius 1 is 0.829 bits per heavy atom. The van der Waals surface area contributed by atoms with E-state index in [0.29, 0.717) is 31.5 Å². The molecular weight excluding hydrogens is 440 g/mol. The van der Waals surface area contributed by atoms with Gasteiger partial charge in [-0.15, -0.1) is 0 Å². The zero-order valence-electron chi connectivity index (χ0n) is 20.0. The van der Waals surface area contributed by atoms with Gasteiger partial charge in [-0.05, 0) is 47.7 Å². The molecule has 0 saturated carbocycles. The summed E-state index contributed by atoms with van der Waals surface area (Å²) in [5, 5.41) is 5.96.